The zero-order chi connectivity index (χ0) is 11.4. The van der Waals surface area contributed by atoms with Gasteiger partial charge in [0.05, 0.1) is 18.5 Å². The molecule has 1 aromatic rings. The summed E-state index contributed by atoms with van der Waals surface area (Å²) in [6, 6.07) is 5.89. The first-order chi connectivity index (χ1) is 7.81. The number of nitrogen functional groups attached to an aromatic ring is 1. The standard InChI is InChI=1S/C13H20N2O/c1-16-11-6-7-12(14)13(10-11)15-8-4-2-3-5-9-15/h6-7,10H,2-5,8-9,14H2,1H3. The largest absolute Gasteiger partial charge is 0.497 e. The van der Waals surface area contributed by atoms with Gasteiger partial charge in [-0.2, -0.15) is 0 Å². The van der Waals surface area contributed by atoms with Gasteiger partial charge in [0, 0.05) is 19.2 Å². The molecular weight excluding hydrogens is 200 g/mol. The number of nitrogens with two attached hydrogens (primary N) is 1. The average molecular weight is 220 g/mol. The summed E-state index contributed by atoms with van der Waals surface area (Å²) in [4.78, 5) is 2.38. The van der Waals surface area contributed by atoms with Crippen molar-refractivity contribution in [2.45, 2.75) is 25.7 Å². The zero-order valence-corrected chi connectivity index (χ0v) is 9.91. The number of benzene rings is 1. The van der Waals surface area contributed by atoms with E-state index in [-0.39, 0.29) is 0 Å². The van der Waals surface area contributed by atoms with Crippen molar-refractivity contribution in [3.05, 3.63) is 18.2 Å². The van der Waals surface area contributed by atoms with Crippen molar-refractivity contribution in [3.8, 4) is 5.75 Å². The summed E-state index contributed by atoms with van der Waals surface area (Å²) < 4.78 is 5.25. The average Bonchev–Trinajstić information content (AvgIpc) is 2.58. The molecule has 0 spiro atoms. The van der Waals surface area contributed by atoms with Gasteiger partial charge in [-0.05, 0) is 25.0 Å². The molecule has 2 N–H and O–H groups in total. The molecular formula is C13H20N2O. The molecule has 0 amide bonds. The maximum absolute atomic E-state index is 6.03. The smallest absolute Gasteiger partial charge is 0.121 e. The first-order valence-corrected chi connectivity index (χ1v) is 6.00. The van der Waals surface area contributed by atoms with Gasteiger partial charge in [-0.15, -0.1) is 0 Å². The van der Waals surface area contributed by atoms with E-state index in [1.54, 1.807) is 7.11 Å². The summed E-state index contributed by atoms with van der Waals surface area (Å²) in [5.41, 5.74) is 8.00. The highest BCUT2D eigenvalue weighted by molar-refractivity contribution is 5.69. The number of anilines is 2. The van der Waals surface area contributed by atoms with Crippen molar-refractivity contribution < 1.29 is 4.74 Å². The van der Waals surface area contributed by atoms with Crippen LogP contribution in [0.15, 0.2) is 18.2 Å². The SMILES string of the molecule is COc1ccc(N)c(N2CCCCCC2)c1. The lowest BCUT2D eigenvalue weighted by atomic mass is 10.2. The first-order valence-electron chi connectivity index (χ1n) is 6.00. The second-order valence-corrected chi connectivity index (χ2v) is 4.33. The molecule has 1 aromatic carbocycles. The van der Waals surface area contributed by atoms with Gasteiger partial charge in [0.2, 0.25) is 0 Å². The lowest BCUT2D eigenvalue weighted by Gasteiger charge is -2.24. The van der Waals surface area contributed by atoms with Crippen LogP contribution in [0.4, 0.5) is 11.4 Å². The summed E-state index contributed by atoms with van der Waals surface area (Å²) in [6.07, 6.45) is 5.19. The minimum atomic E-state index is 0.850. The molecule has 1 saturated heterocycles. The zero-order valence-electron chi connectivity index (χ0n) is 9.91. The highest BCUT2D eigenvalue weighted by Gasteiger charge is 2.13. The van der Waals surface area contributed by atoms with Gasteiger partial charge >= 0.3 is 0 Å². The van der Waals surface area contributed by atoms with Gasteiger partial charge in [0.1, 0.15) is 5.75 Å². The Morgan fingerprint density at radius 3 is 2.44 bits per heavy atom. The Hall–Kier alpha value is -1.38. The first kappa shape index (κ1) is 11.1. The predicted octanol–water partition coefficient (Wildman–Crippen LogP) is 2.66. The van der Waals surface area contributed by atoms with E-state index in [4.69, 9.17) is 10.5 Å². The Morgan fingerprint density at radius 1 is 1.12 bits per heavy atom. The van der Waals surface area contributed by atoms with Crippen LogP contribution in [0.5, 0.6) is 5.75 Å². The summed E-state index contributed by atoms with van der Waals surface area (Å²) in [6.45, 7) is 2.22. The van der Waals surface area contributed by atoms with Gasteiger partial charge in [-0.3, -0.25) is 0 Å². The molecule has 3 nitrogen and oxygen atoms in total. The number of hydrogen-bond donors (Lipinski definition) is 1. The molecule has 1 aliphatic rings. The molecule has 0 saturated carbocycles. The second-order valence-electron chi connectivity index (χ2n) is 4.33. The van der Waals surface area contributed by atoms with Crippen LogP contribution in [0.3, 0.4) is 0 Å². The Bertz CT molecular complexity index is 344. The van der Waals surface area contributed by atoms with Crippen molar-refractivity contribution in [1.82, 2.24) is 0 Å². The lowest BCUT2D eigenvalue weighted by molar-refractivity contribution is 0.415. The fraction of sp³-hybridized carbons (Fsp3) is 0.538. The quantitative estimate of drug-likeness (QED) is 0.779. The van der Waals surface area contributed by atoms with Gasteiger partial charge < -0.3 is 15.4 Å². The van der Waals surface area contributed by atoms with E-state index < -0.39 is 0 Å². The normalized spacial score (nSPS) is 16.9. The van der Waals surface area contributed by atoms with E-state index in [0.29, 0.717) is 0 Å². The topological polar surface area (TPSA) is 38.5 Å². The van der Waals surface area contributed by atoms with Crippen LogP contribution in [-0.4, -0.2) is 20.2 Å². The van der Waals surface area contributed by atoms with E-state index >= 15 is 0 Å². The molecule has 0 aliphatic carbocycles. The van der Waals surface area contributed by atoms with Crippen molar-refractivity contribution >= 4 is 11.4 Å². The maximum Gasteiger partial charge on any atom is 0.121 e. The van der Waals surface area contributed by atoms with Crippen LogP contribution in [0.25, 0.3) is 0 Å². The van der Waals surface area contributed by atoms with E-state index in [9.17, 15) is 0 Å². The van der Waals surface area contributed by atoms with Gasteiger partial charge in [0.15, 0.2) is 0 Å². The third-order valence-corrected chi connectivity index (χ3v) is 3.18. The summed E-state index contributed by atoms with van der Waals surface area (Å²) in [5.74, 6) is 0.883. The molecule has 88 valence electrons. The monoisotopic (exact) mass is 220 g/mol. The summed E-state index contributed by atoms with van der Waals surface area (Å²) in [5, 5.41) is 0. The van der Waals surface area contributed by atoms with E-state index in [1.165, 1.54) is 25.7 Å². The minimum absolute atomic E-state index is 0.850. The fourth-order valence-electron chi connectivity index (χ4n) is 2.24. The number of rotatable bonds is 2. The highest BCUT2D eigenvalue weighted by Crippen LogP contribution is 2.29. The van der Waals surface area contributed by atoms with Gasteiger partial charge in [-0.25, -0.2) is 0 Å². The third-order valence-electron chi connectivity index (χ3n) is 3.18. The number of ether oxygens (including phenoxy) is 1. The van der Waals surface area contributed by atoms with Crippen LogP contribution in [0, 0.1) is 0 Å². The van der Waals surface area contributed by atoms with E-state index in [2.05, 4.69) is 4.90 Å². The Labute approximate surface area is 97.2 Å². The lowest BCUT2D eigenvalue weighted by Crippen LogP contribution is -2.24. The number of methoxy groups -OCH3 is 1. The maximum atomic E-state index is 6.03. The van der Waals surface area contributed by atoms with Crippen LogP contribution in [0.2, 0.25) is 0 Å². The molecule has 16 heavy (non-hydrogen) atoms. The van der Waals surface area contributed by atoms with Crippen molar-refractivity contribution in [1.29, 1.82) is 0 Å². The van der Waals surface area contributed by atoms with Crippen LogP contribution in [0.1, 0.15) is 25.7 Å². The number of hydrogen-bond acceptors (Lipinski definition) is 3. The fourth-order valence-corrected chi connectivity index (χ4v) is 2.24. The molecule has 0 bridgehead atoms. The molecule has 1 aliphatic heterocycles. The van der Waals surface area contributed by atoms with Crippen molar-refractivity contribution in [3.63, 3.8) is 0 Å². The molecule has 2 rings (SSSR count). The van der Waals surface area contributed by atoms with Gasteiger partial charge in [0.25, 0.3) is 0 Å². The second kappa shape index (κ2) is 5.10. The van der Waals surface area contributed by atoms with Crippen molar-refractivity contribution in [2.75, 3.05) is 30.8 Å². The molecule has 3 heteroatoms. The molecule has 0 unspecified atom stereocenters. The summed E-state index contributed by atoms with van der Waals surface area (Å²) in [7, 11) is 1.69. The minimum Gasteiger partial charge on any atom is -0.497 e. The van der Waals surface area contributed by atoms with Crippen LogP contribution < -0.4 is 15.4 Å². The van der Waals surface area contributed by atoms with Crippen LogP contribution in [-0.2, 0) is 0 Å². The Balaban J connectivity index is 2.22. The summed E-state index contributed by atoms with van der Waals surface area (Å²) >= 11 is 0. The Morgan fingerprint density at radius 2 is 1.81 bits per heavy atom. The molecule has 0 radical (unpaired) electrons. The third kappa shape index (κ3) is 2.40. The van der Waals surface area contributed by atoms with E-state index in [1.807, 2.05) is 18.2 Å². The highest BCUT2D eigenvalue weighted by atomic mass is 16.5. The van der Waals surface area contributed by atoms with Crippen LogP contribution >= 0.6 is 0 Å². The number of nitrogens with zero attached hydrogens (tertiary/aromatic N) is 1. The Kier molecular flexibility index (Phi) is 3.54. The molecule has 1 heterocycles. The molecule has 1 fully saturated rings. The molecule has 0 atom stereocenters. The van der Waals surface area contributed by atoms with E-state index in [0.717, 1.165) is 30.2 Å². The molecule has 0 aromatic heterocycles. The predicted molar refractivity (Wildman–Crippen MR) is 68.1 cm³/mol. The van der Waals surface area contributed by atoms with Crippen molar-refractivity contribution in [2.24, 2.45) is 0 Å². The van der Waals surface area contributed by atoms with Gasteiger partial charge in [-0.1, -0.05) is 12.8 Å².